The summed E-state index contributed by atoms with van der Waals surface area (Å²) in [7, 11) is 0. The summed E-state index contributed by atoms with van der Waals surface area (Å²) in [6, 6.07) is 0. The van der Waals surface area contributed by atoms with Crippen LogP contribution in [0.1, 0.15) is 68.6 Å². The number of hydrogen-bond acceptors (Lipinski definition) is 22. The van der Waals surface area contributed by atoms with Crippen LogP contribution in [0.15, 0.2) is 0 Å². The summed E-state index contributed by atoms with van der Waals surface area (Å²) in [5.74, 6) is -8.86. The Kier molecular flexibility index (Phi) is 36.1. The molecule has 0 spiro atoms. The molecule has 0 saturated carbocycles. The highest BCUT2D eigenvalue weighted by Crippen LogP contribution is 2.39. The Morgan fingerprint density at radius 2 is 0.591 bits per heavy atom. The SMILES string of the molecule is O=C(NCCCN(CC(O)CNC(=O)c1c(I)c(NC(=O)C(O)CO)c(I)c(C(=O)NCC(O)CO)c1I)C(=O)c1c(I)c(NC(=O)C(O)CO)c(I)c(C(=O)NCC(O)CO)c1I)c1c(I)c(NC(=O)C(O)CO)c(I)c(C(=O)NCC(O)CO)c1I. The van der Waals surface area contributed by atoms with E-state index >= 15 is 4.79 Å². The van der Waals surface area contributed by atoms with Crippen LogP contribution >= 0.6 is 203 Å². The number of aliphatic hydroxyl groups is 13. The molecule has 3 aromatic rings. The molecule has 488 valence electrons. The van der Waals surface area contributed by atoms with Gasteiger partial charge in [0.05, 0.1) is 136 Å². The molecule has 88 heavy (non-hydrogen) atoms. The maximum absolute atomic E-state index is 15.3. The number of nitrogens with zero attached hydrogens (tertiary/aromatic N) is 1. The molecule has 0 aliphatic rings. The number of aliphatic hydroxyl groups excluding tert-OH is 13. The zero-order valence-corrected chi connectivity index (χ0v) is 64.2. The van der Waals surface area contributed by atoms with Crippen molar-refractivity contribution in [1.29, 1.82) is 0 Å². The lowest BCUT2D eigenvalue weighted by molar-refractivity contribution is -0.126. The second kappa shape index (κ2) is 39.1. The van der Waals surface area contributed by atoms with E-state index in [2.05, 4.69) is 42.5 Å². The molecule has 0 saturated heterocycles. The van der Waals surface area contributed by atoms with Crippen molar-refractivity contribution >= 4 is 274 Å². The van der Waals surface area contributed by atoms with Crippen LogP contribution in [0.3, 0.4) is 0 Å². The maximum atomic E-state index is 15.3. The Balaban J connectivity index is 2.24. The minimum absolute atomic E-state index is 0.000502. The molecule has 0 fully saturated rings. The Morgan fingerprint density at radius 1 is 0.341 bits per heavy atom. The van der Waals surface area contributed by atoms with E-state index in [1.54, 1.807) is 203 Å². The molecule has 7 atom stereocenters. The van der Waals surface area contributed by atoms with E-state index in [1.807, 2.05) is 0 Å². The molecule has 7 unspecified atom stereocenters. The van der Waals surface area contributed by atoms with E-state index in [9.17, 15) is 105 Å². The van der Waals surface area contributed by atoms with Crippen LogP contribution in [-0.4, -0.2) is 253 Å². The summed E-state index contributed by atoms with van der Waals surface area (Å²) in [4.78, 5) is 125. The fourth-order valence-electron chi connectivity index (χ4n) is 7.08. The first-order valence-electron chi connectivity index (χ1n) is 25.0. The largest absolute Gasteiger partial charge is 0.394 e. The summed E-state index contributed by atoms with van der Waals surface area (Å²) >= 11 is 15.3. The van der Waals surface area contributed by atoms with Crippen LogP contribution in [-0.2, 0) is 14.4 Å². The number of rotatable bonds is 32. The number of benzene rings is 3. The first-order valence-corrected chi connectivity index (χ1v) is 34.7. The van der Waals surface area contributed by atoms with Gasteiger partial charge in [0.25, 0.3) is 53.2 Å². The van der Waals surface area contributed by atoms with Gasteiger partial charge in [-0.1, -0.05) is 0 Å². The van der Waals surface area contributed by atoms with Gasteiger partial charge >= 0.3 is 0 Å². The smallest absolute Gasteiger partial charge is 0.256 e. The van der Waals surface area contributed by atoms with Gasteiger partial charge in [0.1, 0.15) is 0 Å². The second-order valence-electron chi connectivity index (χ2n) is 18.1. The molecule has 21 N–H and O–H groups in total. The molecular weight excluding hydrogens is 2200 g/mol. The Bertz CT molecular complexity index is 3120. The normalized spacial score (nSPS) is 13.6. The summed E-state index contributed by atoms with van der Waals surface area (Å²) < 4.78 is 0.0430. The number of amides is 9. The van der Waals surface area contributed by atoms with Gasteiger partial charge in [-0.05, 0) is 210 Å². The van der Waals surface area contributed by atoms with Gasteiger partial charge in [-0.15, -0.1) is 0 Å². The second-order valence-corrected chi connectivity index (χ2v) is 27.8. The van der Waals surface area contributed by atoms with Crippen molar-refractivity contribution < 1.29 is 110 Å². The topological polar surface area (TPSA) is 516 Å². The molecule has 3 rings (SSSR count). The first kappa shape index (κ1) is 81.2. The van der Waals surface area contributed by atoms with Gasteiger partial charge in [0, 0.05) is 56.5 Å². The Labute approximate surface area is 622 Å². The van der Waals surface area contributed by atoms with Crippen molar-refractivity contribution in [2.24, 2.45) is 0 Å². The highest BCUT2D eigenvalue weighted by Gasteiger charge is 2.35. The van der Waals surface area contributed by atoms with Crippen LogP contribution in [0.2, 0.25) is 0 Å². The average Bonchev–Trinajstić information content (AvgIpc) is 1.27. The molecule has 0 aliphatic heterocycles. The summed E-state index contributed by atoms with van der Waals surface area (Å²) in [6.07, 6.45) is -12.0. The van der Waals surface area contributed by atoms with Crippen molar-refractivity contribution in [1.82, 2.24) is 31.5 Å². The lowest BCUT2D eigenvalue weighted by Gasteiger charge is -2.28. The van der Waals surface area contributed by atoms with Gasteiger partial charge in [-0.2, -0.15) is 0 Å². The van der Waals surface area contributed by atoms with Gasteiger partial charge in [-0.25, -0.2) is 0 Å². The predicted molar refractivity (Wildman–Crippen MR) is 386 cm³/mol. The molecule has 0 radical (unpaired) electrons. The van der Waals surface area contributed by atoms with Crippen LogP contribution < -0.4 is 42.5 Å². The van der Waals surface area contributed by atoms with Gasteiger partial charge in [0.15, 0.2) is 18.3 Å². The van der Waals surface area contributed by atoms with Crippen molar-refractivity contribution in [2.75, 3.05) is 101 Å². The van der Waals surface area contributed by atoms with Gasteiger partial charge in [-0.3, -0.25) is 43.2 Å². The van der Waals surface area contributed by atoms with Crippen LogP contribution in [0, 0.1) is 32.1 Å². The van der Waals surface area contributed by atoms with E-state index in [0.717, 1.165) is 4.90 Å². The van der Waals surface area contributed by atoms with Crippen molar-refractivity contribution in [2.45, 2.75) is 49.1 Å². The standard InChI is InChI=1S/C48H56I9N9O22/c49-28-22(31(52)37(63-40(80)19(77)12-70)32(53)23(28)45(85)60-5-16(74)9-67)43(83)58-2-1-3-66(48(88)27-30(51)26(47(87)62-7-18(76)11-69)35(56)39(36(27)57)65-42(82)21(79)14-72)8-15(73)4-59-44(84)24-29(50)25(46(86)61-6-17(75)10-68)34(55)38(33(24)54)64-41(81)20(78)13-71/h15-21,67-79H,1-14H2,(H,58,83)(H,59,84)(H,60,85)(H,61,86)(H,62,87)(H,63,80)(H,64,81)(H,65,82). The summed E-state index contributed by atoms with van der Waals surface area (Å²) in [5, 5.41) is 149. The number of hydrogen-bond donors (Lipinski definition) is 21. The lowest BCUT2D eigenvalue weighted by Crippen LogP contribution is -2.44. The van der Waals surface area contributed by atoms with E-state index in [1.165, 1.54) is 0 Å². The van der Waals surface area contributed by atoms with Crippen LogP contribution in [0.4, 0.5) is 17.1 Å². The number of carbonyl (C=O) groups excluding carboxylic acids is 9. The lowest BCUT2D eigenvalue weighted by atomic mass is 10.1. The monoisotopic (exact) mass is 2250 g/mol. The molecule has 0 heterocycles. The molecule has 0 bridgehead atoms. The zero-order valence-electron chi connectivity index (χ0n) is 44.8. The van der Waals surface area contributed by atoms with E-state index in [-0.39, 0.29) is 95.5 Å². The quantitative estimate of drug-likeness (QED) is 0.0223. The van der Waals surface area contributed by atoms with E-state index in [4.69, 9.17) is 0 Å². The minimum atomic E-state index is -1.99. The van der Waals surface area contributed by atoms with Gasteiger partial charge < -0.3 is 114 Å². The molecule has 9 amide bonds. The maximum Gasteiger partial charge on any atom is 0.256 e. The fourth-order valence-corrected chi connectivity index (χ4v) is 20.3. The third kappa shape index (κ3) is 21.7. The van der Waals surface area contributed by atoms with Gasteiger partial charge in [0.2, 0.25) is 0 Å². The van der Waals surface area contributed by atoms with E-state index < -0.39 is 175 Å². The summed E-state index contributed by atoms with van der Waals surface area (Å²) in [6.45, 7) is -8.67. The zero-order chi connectivity index (χ0) is 66.8. The van der Waals surface area contributed by atoms with Crippen LogP contribution in [0.5, 0.6) is 0 Å². The van der Waals surface area contributed by atoms with Crippen molar-refractivity contribution in [3.63, 3.8) is 0 Å². The Hall–Kier alpha value is -1.06. The van der Waals surface area contributed by atoms with Crippen molar-refractivity contribution in [3.8, 4) is 0 Å². The van der Waals surface area contributed by atoms with Crippen molar-refractivity contribution in [3.05, 3.63) is 65.5 Å². The molecule has 40 heteroatoms. The molecule has 0 aromatic heterocycles. The highest BCUT2D eigenvalue weighted by atomic mass is 127. The number of carbonyl (C=O) groups is 9. The number of nitrogens with one attached hydrogen (secondary N) is 8. The number of anilines is 3. The molecular formula is C48H56I9N9O22. The first-order chi connectivity index (χ1) is 41.3. The molecule has 31 nitrogen and oxygen atoms in total. The predicted octanol–water partition coefficient (Wildman–Crippen LogP) is -2.69. The third-order valence-electron chi connectivity index (χ3n) is 11.7. The highest BCUT2D eigenvalue weighted by molar-refractivity contribution is 14.1. The summed E-state index contributed by atoms with van der Waals surface area (Å²) in [5.41, 5.74) is -1.91. The minimum Gasteiger partial charge on any atom is -0.394 e. The third-order valence-corrected chi connectivity index (χ3v) is 21.4. The van der Waals surface area contributed by atoms with Crippen LogP contribution in [0.25, 0.3) is 0 Å². The molecule has 0 aliphatic carbocycles. The number of halogens is 9. The average molecular weight is 2250 g/mol. The fraction of sp³-hybridized carbons (Fsp3) is 0.438. The van der Waals surface area contributed by atoms with E-state index in [0.29, 0.717) is 0 Å². The Morgan fingerprint density at radius 3 is 0.864 bits per heavy atom. The molecule has 3 aromatic carbocycles.